The van der Waals surface area contributed by atoms with E-state index in [1.54, 1.807) is 6.92 Å². The average molecular weight is 555 g/mol. The molecule has 2 aromatic rings. The molecule has 1 aliphatic rings. The van der Waals surface area contributed by atoms with Crippen molar-refractivity contribution >= 4 is 11.9 Å². The van der Waals surface area contributed by atoms with Gasteiger partial charge >= 0.3 is 12.1 Å². The quantitative estimate of drug-likeness (QED) is 0.474. The van der Waals surface area contributed by atoms with Gasteiger partial charge in [-0.25, -0.2) is 9.78 Å². The van der Waals surface area contributed by atoms with E-state index in [-0.39, 0.29) is 36.5 Å². The molecule has 2 heterocycles. The second-order valence-electron chi connectivity index (χ2n) is 9.77. The predicted molar refractivity (Wildman–Crippen MR) is 133 cm³/mol. The van der Waals surface area contributed by atoms with Crippen molar-refractivity contribution in [3.8, 4) is 11.5 Å². The van der Waals surface area contributed by atoms with Crippen LogP contribution in [0.5, 0.6) is 11.5 Å². The summed E-state index contributed by atoms with van der Waals surface area (Å²) in [6.45, 7) is 5.77. The van der Waals surface area contributed by atoms with E-state index in [9.17, 15) is 27.9 Å². The third-order valence-electron chi connectivity index (χ3n) is 6.16. The zero-order chi connectivity index (χ0) is 28.7. The van der Waals surface area contributed by atoms with Gasteiger partial charge in [0, 0.05) is 24.8 Å². The number of ether oxygens (including phenoxy) is 4. The van der Waals surface area contributed by atoms with Gasteiger partial charge in [-0.3, -0.25) is 4.79 Å². The third-order valence-corrected chi connectivity index (χ3v) is 6.16. The van der Waals surface area contributed by atoms with Crippen molar-refractivity contribution in [2.45, 2.75) is 51.6 Å². The van der Waals surface area contributed by atoms with E-state index in [1.807, 2.05) is 13.8 Å². The van der Waals surface area contributed by atoms with Crippen molar-refractivity contribution in [3.63, 3.8) is 0 Å². The number of halogens is 3. The molecule has 0 radical (unpaired) electrons. The molecule has 214 valence electrons. The minimum absolute atomic E-state index is 0.0355. The van der Waals surface area contributed by atoms with Gasteiger partial charge in [-0.15, -0.1) is 0 Å². The number of nitrogens with one attached hydrogen (secondary N) is 1. The van der Waals surface area contributed by atoms with E-state index in [1.165, 1.54) is 31.5 Å². The van der Waals surface area contributed by atoms with Crippen LogP contribution in [0.2, 0.25) is 0 Å². The largest absolute Gasteiger partial charge is 0.503 e. The van der Waals surface area contributed by atoms with E-state index in [0.717, 1.165) is 12.1 Å². The minimum Gasteiger partial charge on any atom is -0.503 e. The molecule has 0 unspecified atom stereocenters. The lowest BCUT2D eigenvalue weighted by Crippen LogP contribution is -2.46. The van der Waals surface area contributed by atoms with Gasteiger partial charge < -0.3 is 29.4 Å². The lowest BCUT2D eigenvalue weighted by atomic mass is 9.91. The van der Waals surface area contributed by atoms with E-state index in [4.69, 9.17) is 18.9 Å². The molecule has 12 heteroatoms. The second-order valence-corrected chi connectivity index (χ2v) is 9.77. The maximum Gasteiger partial charge on any atom is 0.416 e. The molecule has 9 nitrogen and oxygen atoms in total. The number of benzene rings is 1. The summed E-state index contributed by atoms with van der Waals surface area (Å²) in [5, 5.41) is 12.7. The van der Waals surface area contributed by atoms with Crippen LogP contribution in [0, 0.1) is 11.8 Å². The Kier molecular flexibility index (Phi) is 10.1. The highest BCUT2D eigenvalue weighted by molar-refractivity contribution is 5.98. The number of pyridine rings is 1. The van der Waals surface area contributed by atoms with Crippen LogP contribution < -0.4 is 10.1 Å². The number of nitrogens with zero attached hydrogens (tertiary/aromatic N) is 1. The maximum absolute atomic E-state index is 13.0. The van der Waals surface area contributed by atoms with Gasteiger partial charge in [-0.2, -0.15) is 13.2 Å². The SMILES string of the molecule is COc1ccnc(C(=O)N[C@H]2COC[C@H](Cc3ccc(C(F)(F)F)cc3)[C@@H](OCC(C)C)[C@H](C)OC2=O)c1O. The highest BCUT2D eigenvalue weighted by Gasteiger charge is 2.36. The number of aromatic hydroxyl groups is 1. The van der Waals surface area contributed by atoms with Crippen LogP contribution in [-0.2, 0) is 31.6 Å². The van der Waals surface area contributed by atoms with E-state index >= 15 is 0 Å². The summed E-state index contributed by atoms with van der Waals surface area (Å²) in [5.41, 5.74) is -0.452. The van der Waals surface area contributed by atoms with Crippen molar-refractivity contribution in [2.75, 3.05) is 26.9 Å². The van der Waals surface area contributed by atoms with E-state index in [2.05, 4.69) is 10.3 Å². The highest BCUT2D eigenvalue weighted by atomic mass is 19.4. The lowest BCUT2D eigenvalue weighted by Gasteiger charge is -2.31. The minimum atomic E-state index is -4.44. The number of hydrogen-bond donors (Lipinski definition) is 2. The van der Waals surface area contributed by atoms with Crippen molar-refractivity contribution in [1.82, 2.24) is 10.3 Å². The number of alkyl halides is 3. The molecule has 1 aromatic heterocycles. The first-order chi connectivity index (χ1) is 18.4. The number of carbonyl (C=O) groups is 2. The molecule has 0 aliphatic carbocycles. The molecule has 39 heavy (non-hydrogen) atoms. The zero-order valence-corrected chi connectivity index (χ0v) is 22.2. The fourth-order valence-electron chi connectivity index (χ4n) is 4.19. The number of carbonyl (C=O) groups excluding carboxylic acids is 2. The molecular formula is C27H33F3N2O7. The first kappa shape index (κ1) is 30.2. The Morgan fingerprint density at radius 1 is 1.21 bits per heavy atom. The summed E-state index contributed by atoms with van der Waals surface area (Å²) < 4.78 is 61.6. The molecule has 0 bridgehead atoms. The smallest absolute Gasteiger partial charge is 0.416 e. The van der Waals surface area contributed by atoms with Crippen molar-refractivity contribution in [1.29, 1.82) is 0 Å². The summed E-state index contributed by atoms with van der Waals surface area (Å²) in [5.74, 6) is -2.26. The van der Waals surface area contributed by atoms with Crippen molar-refractivity contribution in [3.05, 3.63) is 53.3 Å². The third kappa shape index (κ3) is 8.06. The number of rotatable bonds is 8. The molecule has 3 rings (SSSR count). The monoisotopic (exact) mass is 554 g/mol. The summed E-state index contributed by atoms with van der Waals surface area (Å²) in [4.78, 5) is 29.7. The van der Waals surface area contributed by atoms with Crippen LogP contribution >= 0.6 is 0 Å². The Morgan fingerprint density at radius 2 is 1.90 bits per heavy atom. The molecule has 1 aliphatic heterocycles. The molecule has 1 aromatic carbocycles. The van der Waals surface area contributed by atoms with Crippen LogP contribution in [0.1, 0.15) is 42.4 Å². The Morgan fingerprint density at radius 3 is 2.51 bits per heavy atom. The first-order valence-corrected chi connectivity index (χ1v) is 12.5. The summed E-state index contributed by atoms with van der Waals surface area (Å²) in [6, 6.07) is 5.01. The van der Waals surface area contributed by atoms with Crippen molar-refractivity contribution in [2.24, 2.45) is 11.8 Å². The molecule has 0 spiro atoms. The van der Waals surface area contributed by atoms with Gasteiger partial charge in [0.1, 0.15) is 6.10 Å². The Balaban J connectivity index is 1.79. The highest BCUT2D eigenvalue weighted by Crippen LogP contribution is 2.31. The molecule has 1 amide bonds. The second kappa shape index (κ2) is 13.1. The Labute approximate surface area is 224 Å². The Hall–Kier alpha value is -3.38. The van der Waals surface area contributed by atoms with E-state index in [0.29, 0.717) is 18.6 Å². The first-order valence-electron chi connectivity index (χ1n) is 12.5. The Bertz CT molecular complexity index is 1130. The number of cyclic esters (lactones) is 1. The average Bonchev–Trinajstić information content (AvgIpc) is 2.91. The lowest BCUT2D eigenvalue weighted by molar-refractivity contribution is -0.160. The number of methoxy groups -OCH3 is 1. The van der Waals surface area contributed by atoms with Gasteiger partial charge in [-0.05, 0) is 37.0 Å². The molecule has 2 N–H and O–H groups in total. The van der Waals surface area contributed by atoms with Gasteiger partial charge in [-0.1, -0.05) is 26.0 Å². The van der Waals surface area contributed by atoms with Crippen LogP contribution in [0.15, 0.2) is 36.5 Å². The van der Waals surface area contributed by atoms with Gasteiger partial charge in [0.05, 0.1) is 32.0 Å². The topological polar surface area (TPSA) is 116 Å². The summed E-state index contributed by atoms with van der Waals surface area (Å²) in [6.07, 6.45) is -4.25. The van der Waals surface area contributed by atoms with Crippen LogP contribution in [0.4, 0.5) is 13.2 Å². The van der Waals surface area contributed by atoms with Gasteiger partial charge in [0.2, 0.25) is 0 Å². The normalized spacial score (nSPS) is 22.4. The van der Waals surface area contributed by atoms with Crippen LogP contribution in [-0.4, -0.2) is 67.1 Å². The van der Waals surface area contributed by atoms with E-state index < -0.39 is 47.6 Å². The molecular weight excluding hydrogens is 521 g/mol. The molecule has 1 saturated heterocycles. The number of amides is 1. The van der Waals surface area contributed by atoms with Crippen molar-refractivity contribution < 1.29 is 46.8 Å². The van der Waals surface area contributed by atoms with Gasteiger partial charge in [0.25, 0.3) is 5.91 Å². The molecule has 1 fully saturated rings. The van der Waals surface area contributed by atoms with Gasteiger partial charge in [0.15, 0.2) is 23.2 Å². The number of hydrogen-bond acceptors (Lipinski definition) is 8. The van der Waals surface area contributed by atoms with Crippen LogP contribution in [0.25, 0.3) is 0 Å². The van der Waals surface area contributed by atoms with Crippen LogP contribution in [0.3, 0.4) is 0 Å². The maximum atomic E-state index is 13.0. The molecule has 4 atom stereocenters. The fourth-order valence-corrected chi connectivity index (χ4v) is 4.19. The zero-order valence-electron chi connectivity index (χ0n) is 22.2. The number of esters is 1. The standard InChI is InChI=1S/C27H33F3N2O7/c1-15(2)12-38-24-16(3)39-26(35)20(32-25(34)22-23(33)21(36-4)9-10-31-22)14-37-13-18(24)11-17-5-7-19(8-6-17)27(28,29)30/h5-10,15-16,18,20,24,33H,11-14H2,1-4H3,(H,32,34)/t16-,18-,20-,24-/m0/s1. The summed E-state index contributed by atoms with van der Waals surface area (Å²) in [7, 11) is 1.32. The predicted octanol–water partition coefficient (Wildman–Crippen LogP) is 3.78. The molecule has 0 saturated carbocycles. The number of aromatic nitrogens is 1. The fraction of sp³-hybridized carbons (Fsp3) is 0.519. The summed E-state index contributed by atoms with van der Waals surface area (Å²) >= 11 is 0.